The van der Waals surface area contributed by atoms with E-state index in [1.54, 1.807) is 35.0 Å². The molecule has 17 heavy (non-hydrogen) atoms. The Labute approximate surface area is 97.1 Å². The molecule has 0 saturated heterocycles. The topological polar surface area (TPSA) is 76.4 Å². The molecule has 0 atom stereocenters. The van der Waals surface area contributed by atoms with Crippen molar-refractivity contribution in [3.63, 3.8) is 0 Å². The van der Waals surface area contributed by atoms with Crippen molar-refractivity contribution in [3.8, 4) is 17.0 Å². The smallest absolute Gasteiger partial charge is 0.157 e. The lowest BCUT2D eigenvalue weighted by Gasteiger charge is -1.97. The second-order valence-electron chi connectivity index (χ2n) is 3.72. The lowest BCUT2D eigenvalue weighted by Crippen LogP contribution is -1.98. The predicted octanol–water partition coefficient (Wildman–Crippen LogP) is 1.68. The predicted molar refractivity (Wildman–Crippen MR) is 64.5 cm³/mol. The second kappa shape index (κ2) is 3.48. The molecule has 1 aromatic carbocycles. The van der Waals surface area contributed by atoms with Crippen molar-refractivity contribution >= 4 is 11.5 Å². The van der Waals surface area contributed by atoms with Gasteiger partial charge in [-0.1, -0.05) is 12.1 Å². The van der Waals surface area contributed by atoms with Crippen LogP contribution in [-0.2, 0) is 0 Å². The fourth-order valence-corrected chi connectivity index (χ4v) is 1.72. The van der Waals surface area contributed by atoms with Gasteiger partial charge in [-0.25, -0.2) is 4.98 Å². The van der Waals surface area contributed by atoms with Gasteiger partial charge in [-0.05, 0) is 18.2 Å². The summed E-state index contributed by atoms with van der Waals surface area (Å²) in [5.74, 6) is 0.738. The molecule has 5 heteroatoms. The van der Waals surface area contributed by atoms with Crippen LogP contribution in [0, 0.1) is 0 Å². The molecule has 0 unspecified atom stereocenters. The first-order chi connectivity index (χ1) is 8.24. The summed E-state index contributed by atoms with van der Waals surface area (Å²) in [7, 11) is 0. The number of phenolic OH excluding ortho intramolecular Hbond substituents is 1. The Morgan fingerprint density at radius 3 is 2.82 bits per heavy atom. The Bertz CT molecular complexity index is 690. The van der Waals surface area contributed by atoms with E-state index in [0.717, 1.165) is 11.3 Å². The maximum absolute atomic E-state index is 9.43. The molecule has 0 bridgehead atoms. The Hall–Kier alpha value is -2.56. The summed E-state index contributed by atoms with van der Waals surface area (Å²) in [4.78, 5) is 4.17. The summed E-state index contributed by atoms with van der Waals surface area (Å²) in [6.45, 7) is 0. The van der Waals surface area contributed by atoms with Crippen LogP contribution in [0.4, 0.5) is 5.82 Å². The normalized spacial score (nSPS) is 10.8. The highest BCUT2D eigenvalue weighted by atomic mass is 16.3. The minimum atomic E-state index is 0.209. The number of nitrogen functional groups attached to an aromatic ring is 1. The quantitative estimate of drug-likeness (QED) is 0.662. The Morgan fingerprint density at radius 1 is 1.18 bits per heavy atom. The molecule has 0 saturated carbocycles. The number of phenols is 1. The van der Waals surface area contributed by atoms with Crippen LogP contribution in [-0.4, -0.2) is 19.7 Å². The highest BCUT2D eigenvalue weighted by Crippen LogP contribution is 2.23. The summed E-state index contributed by atoms with van der Waals surface area (Å²) >= 11 is 0. The summed E-state index contributed by atoms with van der Waals surface area (Å²) in [6.07, 6.45) is 1.64. The van der Waals surface area contributed by atoms with Gasteiger partial charge < -0.3 is 10.8 Å². The summed E-state index contributed by atoms with van der Waals surface area (Å²) in [5.41, 5.74) is 8.03. The fraction of sp³-hybridized carbons (Fsp3) is 0. The van der Waals surface area contributed by atoms with E-state index in [2.05, 4.69) is 10.1 Å². The van der Waals surface area contributed by atoms with E-state index in [-0.39, 0.29) is 5.75 Å². The summed E-state index contributed by atoms with van der Waals surface area (Å²) in [6, 6.07) is 10.4. The molecule has 0 aliphatic rings. The van der Waals surface area contributed by atoms with Gasteiger partial charge in [-0.3, -0.25) is 0 Å². The number of hydrogen-bond donors (Lipinski definition) is 2. The van der Waals surface area contributed by atoms with Crippen molar-refractivity contribution in [2.45, 2.75) is 0 Å². The van der Waals surface area contributed by atoms with E-state index in [4.69, 9.17) is 5.73 Å². The highest BCUT2D eigenvalue weighted by molar-refractivity contribution is 5.66. The van der Waals surface area contributed by atoms with E-state index in [9.17, 15) is 5.11 Å². The zero-order valence-electron chi connectivity index (χ0n) is 8.91. The van der Waals surface area contributed by atoms with E-state index in [0.29, 0.717) is 11.5 Å². The van der Waals surface area contributed by atoms with Gasteiger partial charge in [0.2, 0.25) is 0 Å². The monoisotopic (exact) mass is 226 g/mol. The van der Waals surface area contributed by atoms with E-state index < -0.39 is 0 Å². The molecule has 0 radical (unpaired) electrons. The maximum atomic E-state index is 9.43. The summed E-state index contributed by atoms with van der Waals surface area (Å²) < 4.78 is 1.57. The van der Waals surface area contributed by atoms with Gasteiger partial charge in [-0.2, -0.15) is 9.61 Å². The molecule has 2 aromatic heterocycles. The van der Waals surface area contributed by atoms with E-state index in [1.807, 2.05) is 12.1 Å². The molecule has 2 heterocycles. The highest BCUT2D eigenvalue weighted by Gasteiger charge is 2.07. The maximum Gasteiger partial charge on any atom is 0.157 e. The fourth-order valence-electron chi connectivity index (χ4n) is 1.72. The second-order valence-corrected chi connectivity index (χ2v) is 3.72. The average molecular weight is 226 g/mol. The number of fused-ring (bicyclic) bond motifs is 1. The molecule has 0 amide bonds. The van der Waals surface area contributed by atoms with Crippen LogP contribution in [0.1, 0.15) is 0 Å². The largest absolute Gasteiger partial charge is 0.508 e. The van der Waals surface area contributed by atoms with Crippen molar-refractivity contribution in [3.05, 3.63) is 42.6 Å². The van der Waals surface area contributed by atoms with Crippen molar-refractivity contribution in [2.75, 3.05) is 5.73 Å². The van der Waals surface area contributed by atoms with Crippen LogP contribution in [0.2, 0.25) is 0 Å². The lowest BCUT2D eigenvalue weighted by atomic mass is 10.1. The first kappa shape index (κ1) is 9.65. The van der Waals surface area contributed by atoms with Gasteiger partial charge in [0.15, 0.2) is 5.65 Å². The van der Waals surface area contributed by atoms with E-state index in [1.165, 1.54) is 0 Å². The third-order valence-electron chi connectivity index (χ3n) is 2.53. The number of rotatable bonds is 1. The Kier molecular flexibility index (Phi) is 1.98. The molecule has 0 fully saturated rings. The number of anilines is 1. The SMILES string of the molecule is Nc1ccnc2cc(-c3cccc(O)c3)nn12. The minimum Gasteiger partial charge on any atom is -0.508 e. The molecule has 84 valence electrons. The van der Waals surface area contributed by atoms with Crippen LogP contribution in [0.25, 0.3) is 16.9 Å². The van der Waals surface area contributed by atoms with Crippen molar-refractivity contribution in [2.24, 2.45) is 0 Å². The van der Waals surface area contributed by atoms with Crippen LogP contribution in [0.15, 0.2) is 42.6 Å². The lowest BCUT2D eigenvalue weighted by molar-refractivity contribution is 0.475. The van der Waals surface area contributed by atoms with Crippen LogP contribution < -0.4 is 5.73 Å². The van der Waals surface area contributed by atoms with Crippen LogP contribution in [0.5, 0.6) is 5.75 Å². The van der Waals surface area contributed by atoms with Gasteiger partial charge in [-0.15, -0.1) is 0 Å². The molecular weight excluding hydrogens is 216 g/mol. The first-order valence-corrected chi connectivity index (χ1v) is 5.14. The first-order valence-electron chi connectivity index (χ1n) is 5.14. The standard InChI is InChI=1S/C12H10N4O/c13-11-4-5-14-12-7-10(15-16(11)12)8-2-1-3-9(17)6-8/h1-7,17H,13H2. The number of aromatic hydroxyl groups is 1. The number of nitrogens with two attached hydrogens (primary N) is 1. The molecule has 3 rings (SSSR count). The van der Waals surface area contributed by atoms with Crippen molar-refractivity contribution in [1.82, 2.24) is 14.6 Å². The number of benzene rings is 1. The molecule has 0 spiro atoms. The Morgan fingerprint density at radius 2 is 2.06 bits per heavy atom. The van der Waals surface area contributed by atoms with Gasteiger partial charge >= 0.3 is 0 Å². The molecule has 3 aromatic rings. The van der Waals surface area contributed by atoms with Gasteiger partial charge in [0.05, 0.1) is 5.69 Å². The van der Waals surface area contributed by atoms with Gasteiger partial charge in [0.25, 0.3) is 0 Å². The number of aromatic nitrogens is 3. The van der Waals surface area contributed by atoms with E-state index >= 15 is 0 Å². The third-order valence-corrected chi connectivity index (χ3v) is 2.53. The minimum absolute atomic E-state index is 0.209. The number of nitrogens with zero attached hydrogens (tertiary/aromatic N) is 3. The van der Waals surface area contributed by atoms with Gasteiger partial charge in [0, 0.05) is 17.8 Å². The Balaban J connectivity index is 2.22. The molecule has 3 N–H and O–H groups in total. The number of hydrogen-bond acceptors (Lipinski definition) is 4. The van der Waals surface area contributed by atoms with Gasteiger partial charge in [0.1, 0.15) is 11.6 Å². The average Bonchev–Trinajstić information content (AvgIpc) is 2.74. The summed E-state index contributed by atoms with van der Waals surface area (Å²) in [5, 5.41) is 13.8. The molecule has 5 nitrogen and oxygen atoms in total. The third kappa shape index (κ3) is 1.57. The zero-order chi connectivity index (χ0) is 11.8. The van der Waals surface area contributed by atoms with Crippen molar-refractivity contribution < 1.29 is 5.11 Å². The zero-order valence-corrected chi connectivity index (χ0v) is 8.91. The van der Waals surface area contributed by atoms with Crippen LogP contribution >= 0.6 is 0 Å². The molecule has 0 aliphatic heterocycles. The van der Waals surface area contributed by atoms with Crippen molar-refractivity contribution in [1.29, 1.82) is 0 Å². The molecular formula is C12H10N4O. The van der Waals surface area contributed by atoms with Crippen LogP contribution in [0.3, 0.4) is 0 Å². The molecule has 0 aliphatic carbocycles.